The molecule has 90 valence electrons. The van der Waals surface area contributed by atoms with E-state index >= 15 is 0 Å². The molecule has 3 nitrogen and oxygen atoms in total. The number of nitrogens with one attached hydrogen (secondary N) is 1. The highest BCUT2D eigenvalue weighted by Gasteiger charge is 2.26. The second-order valence-electron chi connectivity index (χ2n) is 4.85. The van der Waals surface area contributed by atoms with Crippen molar-refractivity contribution in [3.05, 3.63) is 0 Å². The molecule has 1 saturated carbocycles. The first kappa shape index (κ1) is 12.9. The lowest BCUT2D eigenvalue weighted by Gasteiger charge is -2.39. The molecule has 1 aliphatic rings. The lowest BCUT2D eigenvalue weighted by molar-refractivity contribution is 0.0887. The fourth-order valence-electron chi connectivity index (χ4n) is 2.67. The number of hydrogen-bond acceptors (Lipinski definition) is 3. The van der Waals surface area contributed by atoms with Gasteiger partial charge in [0.1, 0.15) is 0 Å². The van der Waals surface area contributed by atoms with Crippen LogP contribution in [0, 0.1) is 0 Å². The average molecular weight is 214 g/mol. The van der Waals surface area contributed by atoms with Crippen molar-refractivity contribution in [1.82, 2.24) is 10.2 Å². The summed E-state index contributed by atoms with van der Waals surface area (Å²) in [5.74, 6) is 0. The first-order valence-electron chi connectivity index (χ1n) is 6.23. The number of hydrogen-bond donors (Lipinski definition) is 2. The van der Waals surface area contributed by atoms with Crippen LogP contribution in [0.25, 0.3) is 0 Å². The Bertz CT molecular complexity index is 165. The molecule has 0 aromatic heterocycles. The van der Waals surface area contributed by atoms with E-state index in [1.807, 2.05) is 0 Å². The molecule has 0 aromatic carbocycles. The van der Waals surface area contributed by atoms with Crippen LogP contribution in [-0.2, 0) is 0 Å². The highest BCUT2D eigenvalue weighted by molar-refractivity contribution is 4.83. The van der Waals surface area contributed by atoms with Gasteiger partial charge in [-0.2, -0.15) is 0 Å². The smallest absolute Gasteiger partial charge is 0.0558 e. The Morgan fingerprint density at radius 3 is 2.27 bits per heavy atom. The van der Waals surface area contributed by atoms with Crippen LogP contribution in [0.1, 0.15) is 39.5 Å². The Balaban J connectivity index is 2.41. The Morgan fingerprint density at radius 2 is 1.87 bits per heavy atom. The first-order chi connectivity index (χ1) is 7.19. The summed E-state index contributed by atoms with van der Waals surface area (Å²) in [6.07, 6.45) is 5.08. The third kappa shape index (κ3) is 3.74. The predicted molar refractivity (Wildman–Crippen MR) is 64.0 cm³/mol. The summed E-state index contributed by atoms with van der Waals surface area (Å²) in [4.78, 5) is 2.45. The van der Waals surface area contributed by atoms with Crippen molar-refractivity contribution in [2.45, 2.75) is 57.7 Å². The largest absolute Gasteiger partial charge is 0.395 e. The van der Waals surface area contributed by atoms with Gasteiger partial charge in [0.15, 0.2) is 0 Å². The van der Waals surface area contributed by atoms with E-state index in [9.17, 15) is 0 Å². The summed E-state index contributed by atoms with van der Waals surface area (Å²) >= 11 is 0. The Labute approximate surface area is 93.9 Å². The lowest BCUT2D eigenvalue weighted by atomic mass is 9.89. The molecule has 0 unspecified atom stereocenters. The molecule has 2 N–H and O–H groups in total. The van der Waals surface area contributed by atoms with Crippen LogP contribution < -0.4 is 5.32 Å². The second kappa shape index (κ2) is 6.46. The van der Waals surface area contributed by atoms with Gasteiger partial charge < -0.3 is 10.4 Å². The quantitative estimate of drug-likeness (QED) is 0.722. The summed E-state index contributed by atoms with van der Waals surface area (Å²) in [5, 5.41) is 12.4. The normalized spacial score (nSPS) is 27.6. The van der Waals surface area contributed by atoms with E-state index < -0.39 is 0 Å². The highest BCUT2D eigenvalue weighted by atomic mass is 16.3. The predicted octanol–water partition coefficient (Wildman–Crippen LogP) is 1.22. The molecule has 0 bridgehead atoms. The molecular weight excluding hydrogens is 188 g/mol. The SMILES string of the molecule is CNC1CCC(N(CCO)C(C)C)CC1. The van der Waals surface area contributed by atoms with Gasteiger partial charge in [-0.15, -0.1) is 0 Å². The number of aliphatic hydroxyl groups is 1. The van der Waals surface area contributed by atoms with Crippen LogP contribution in [0.2, 0.25) is 0 Å². The minimum atomic E-state index is 0.282. The molecule has 0 amide bonds. The maximum absolute atomic E-state index is 9.06. The van der Waals surface area contributed by atoms with E-state index in [0.717, 1.165) is 6.54 Å². The molecule has 3 heteroatoms. The molecule has 0 atom stereocenters. The maximum atomic E-state index is 9.06. The minimum Gasteiger partial charge on any atom is -0.395 e. The Kier molecular flexibility index (Phi) is 5.58. The number of nitrogens with zero attached hydrogens (tertiary/aromatic N) is 1. The lowest BCUT2D eigenvalue weighted by Crippen LogP contribution is -2.46. The van der Waals surface area contributed by atoms with Crippen molar-refractivity contribution < 1.29 is 5.11 Å². The summed E-state index contributed by atoms with van der Waals surface area (Å²) in [7, 11) is 2.05. The van der Waals surface area contributed by atoms with Gasteiger partial charge in [0, 0.05) is 24.7 Å². The van der Waals surface area contributed by atoms with Crippen LogP contribution in [-0.4, -0.2) is 48.3 Å². The molecule has 0 aromatic rings. The zero-order valence-corrected chi connectivity index (χ0v) is 10.4. The Hall–Kier alpha value is -0.120. The van der Waals surface area contributed by atoms with Gasteiger partial charge in [0.2, 0.25) is 0 Å². The molecule has 0 spiro atoms. The fraction of sp³-hybridized carbons (Fsp3) is 1.00. The summed E-state index contributed by atoms with van der Waals surface area (Å²) < 4.78 is 0. The maximum Gasteiger partial charge on any atom is 0.0558 e. The zero-order chi connectivity index (χ0) is 11.3. The molecule has 0 radical (unpaired) electrons. The van der Waals surface area contributed by atoms with E-state index in [2.05, 4.69) is 31.1 Å². The fourth-order valence-corrected chi connectivity index (χ4v) is 2.67. The van der Waals surface area contributed by atoms with Crippen LogP contribution >= 0.6 is 0 Å². The van der Waals surface area contributed by atoms with E-state index in [0.29, 0.717) is 18.1 Å². The van der Waals surface area contributed by atoms with Crippen molar-refractivity contribution in [2.24, 2.45) is 0 Å². The van der Waals surface area contributed by atoms with E-state index in [-0.39, 0.29) is 6.61 Å². The first-order valence-corrected chi connectivity index (χ1v) is 6.23. The van der Waals surface area contributed by atoms with Crippen molar-refractivity contribution in [3.8, 4) is 0 Å². The minimum absolute atomic E-state index is 0.282. The van der Waals surface area contributed by atoms with Gasteiger partial charge >= 0.3 is 0 Å². The molecule has 0 heterocycles. The van der Waals surface area contributed by atoms with Gasteiger partial charge in [-0.1, -0.05) is 0 Å². The van der Waals surface area contributed by atoms with Crippen molar-refractivity contribution in [2.75, 3.05) is 20.2 Å². The number of rotatable bonds is 5. The van der Waals surface area contributed by atoms with Gasteiger partial charge in [-0.3, -0.25) is 4.90 Å². The van der Waals surface area contributed by atoms with Gasteiger partial charge in [0.05, 0.1) is 6.61 Å². The summed E-state index contributed by atoms with van der Waals surface area (Å²) in [6.45, 7) is 5.55. The number of aliphatic hydroxyl groups excluding tert-OH is 1. The molecule has 0 aliphatic heterocycles. The molecule has 0 saturated heterocycles. The topological polar surface area (TPSA) is 35.5 Å². The van der Waals surface area contributed by atoms with Crippen molar-refractivity contribution in [1.29, 1.82) is 0 Å². The van der Waals surface area contributed by atoms with Gasteiger partial charge in [-0.25, -0.2) is 0 Å². The zero-order valence-electron chi connectivity index (χ0n) is 10.4. The average Bonchev–Trinajstić information content (AvgIpc) is 2.26. The summed E-state index contributed by atoms with van der Waals surface area (Å²) in [5.41, 5.74) is 0. The monoisotopic (exact) mass is 214 g/mol. The third-order valence-electron chi connectivity index (χ3n) is 3.60. The van der Waals surface area contributed by atoms with Crippen LogP contribution in [0.5, 0.6) is 0 Å². The molecule has 1 aliphatic carbocycles. The molecule has 1 rings (SSSR count). The Morgan fingerprint density at radius 1 is 1.27 bits per heavy atom. The third-order valence-corrected chi connectivity index (χ3v) is 3.60. The van der Waals surface area contributed by atoms with Crippen LogP contribution in [0.15, 0.2) is 0 Å². The van der Waals surface area contributed by atoms with Crippen LogP contribution in [0.3, 0.4) is 0 Å². The highest BCUT2D eigenvalue weighted by Crippen LogP contribution is 2.24. The van der Waals surface area contributed by atoms with E-state index in [1.54, 1.807) is 0 Å². The van der Waals surface area contributed by atoms with Crippen LogP contribution in [0.4, 0.5) is 0 Å². The van der Waals surface area contributed by atoms with Crippen molar-refractivity contribution in [3.63, 3.8) is 0 Å². The van der Waals surface area contributed by atoms with Crippen molar-refractivity contribution >= 4 is 0 Å². The second-order valence-corrected chi connectivity index (χ2v) is 4.85. The van der Waals surface area contributed by atoms with E-state index in [1.165, 1.54) is 25.7 Å². The van der Waals surface area contributed by atoms with Gasteiger partial charge in [-0.05, 0) is 46.6 Å². The molecule has 1 fully saturated rings. The van der Waals surface area contributed by atoms with Gasteiger partial charge in [0.25, 0.3) is 0 Å². The van der Waals surface area contributed by atoms with E-state index in [4.69, 9.17) is 5.11 Å². The summed E-state index contributed by atoms with van der Waals surface area (Å²) in [6, 6.07) is 1.94. The standard InChI is InChI=1S/C12H26N2O/c1-10(2)14(8-9-15)12-6-4-11(13-3)5-7-12/h10-13,15H,4-9H2,1-3H3. The molecular formula is C12H26N2O. The molecule has 15 heavy (non-hydrogen) atoms.